The lowest BCUT2D eigenvalue weighted by atomic mass is 10.2. The van der Waals surface area contributed by atoms with E-state index in [0.717, 1.165) is 11.3 Å². The number of anilines is 1. The third-order valence-electron chi connectivity index (χ3n) is 5.45. The first-order valence-corrected chi connectivity index (χ1v) is 11.2. The Labute approximate surface area is 195 Å². The van der Waals surface area contributed by atoms with Crippen molar-refractivity contribution in [2.75, 3.05) is 44.3 Å². The monoisotopic (exact) mass is 495 g/mol. The lowest BCUT2D eigenvalue weighted by molar-refractivity contribution is -0.136. The van der Waals surface area contributed by atoms with Gasteiger partial charge in [-0.2, -0.15) is 23.5 Å². The second kappa shape index (κ2) is 9.82. The summed E-state index contributed by atoms with van der Waals surface area (Å²) in [6.07, 6.45) is -0.951. The van der Waals surface area contributed by atoms with Gasteiger partial charge in [0, 0.05) is 38.9 Å². The average Bonchev–Trinajstić information content (AvgIpc) is 3.45. The maximum absolute atomic E-state index is 13.3. The SMILES string of the molecule is N#Cc1cnc(N2CCN(C(=O)CCOCCn3cc(C(F)(F)F)c4c(=O)[nH]ncc43)CC2)s1. The summed E-state index contributed by atoms with van der Waals surface area (Å²) in [6, 6.07) is 2.06. The molecule has 0 atom stereocenters. The number of piperazine rings is 1. The molecule has 0 unspecified atom stereocenters. The van der Waals surface area contributed by atoms with Gasteiger partial charge in [0.25, 0.3) is 5.56 Å². The van der Waals surface area contributed by atoms with Crippen LogP contribution in [-0.4, -0.2) is 69.9 Å². The molecule has 3 aromatic heterocycles. The number of carbonyl (C=O) groups excluding carboxylic acids is 1. The van der Waals surface area contributed by atoms with E-state index in [4.69, 9.17) is 10.00 Å². The molecule has 14 heteroatoms. The summed E-state index contributed by atoms with van der Waals surface area (Å²) >= 11 is 1.31. The summed E-state index contributed by atoms with van der Waals surface area (Å²) in [5, 5.41) is 14.8. The number of H-pyrrole nitrogens is 1. The van der Waals surface area contributed by atoms with Crippen LogP contribution in [-0.2, 0) is 22.3 Å². The molecule has 180 valence electrons. The van der Waals surface area contributed by atoms with Gasteiger partial charge in [0.2, 0.25) is 5.91 Å². The van der Waals surface area contributed by atoms with Gasteiger partial charge >= 0.3 is 6.18 Å². The van der Waals surface area contributed by atoms with Crippen molar-refractivity contribution in [2.24, 2.45) is 0 Å². The van der Waals surface area contributed by atoms with E-state index in [1.807, 2.05) is 10.00 Å². The molecule has 4 heterocycles. The molecule has 0 spiro atoms. The molecule has 0 aliphatic carbocycles. The minimum absolute atomic E-state index is 0.0655. The molecule has 1 aliphatic rings. The Bertz CT molecular complexity index is 1270. The number of amides is 1. The zero-order chi connectivity index (χ0) is 24.3. The van der Waals surface area contributed by atoms with Crippen molar-refractivity contribution in [1.29, 1.82) is 5.26 Å². The standard InChI is InChI=1S/C20H20F3N7O3S/c21-20(22,23)14-12-30(15-11-26-27-18(32)17(14)15)6-8-33-7-1-16(31)28-2-4-29(5-3-28)19-25-10-13(9-24)34-19/h10-12H,1-8H2,(H,27,32). The van der Waals surface area contributed by atoms with Crippen molar-refractivity contribution in [3.8, 4) is 6.07 Å². The van der Waals surface area contributed by atoms with E-state index in [1.54, 1.807) is 4.90 Å². The number of nitrogens with one attached hydrogen (secondary N) is 1. The number of halogens is 3. The molecule has 10 nitrogen and oxygen atoms in total. The summed E-state index contributed by atoms with van der Waals surface area (Å²) in [6.45, 7) is 2.54. The Morgan fingerprint density at radius 3 is 2.68 bits per heavy atom. The van der Waals surface area contributed by atoms with Crippen molar-refractivity contribution in [1.82, 2.24) is 24.6 Å². The molecule has 4 rings (SSSR count). The predicted octanol–water partition coefficient (Wildman–Crippen LogP) is 1.83. The van der Waals surface area contributed by atoms with Crippen LogP contribution in [0.1, 0.15) is 16.9 Å². The van der Waals surface area contributed by atoms with E-state index >= 15 is 0 Å². The highest BCUT2D eigenvalue weighted by molar-refractivity contribution is 7.16. The number of aromatic nitrogens is 4. The topological polar surface area (TPSA) is 120 Å². The largest absolute Gasteiger partial charge is 0.418 e. The van der Waals surface area contributed by atoms with Gasteiger partial charge in [0.15, 0.2) is 5.13 Å². The summed E-state index contributed by atoms with van der Waals surface area (Å²) in [7, 11) is 0. The number of alkyl halides is 3. The number of hydrogen-bond acceptors (Lipinski definition) is 8. The zero-order valence-electron chi connectivity index (χ0n) is 17.8. The fraction of sp³-hybridized carbons (Fsp3) is 0.450. The van der Waals surface area contributed by atoms with Gasteiger partial charge in [-0.05, 0) is 0 Å². The van der Waals surface area contributed by atoms with E-state index in [2.05, 4.69) is 16.2 Å². The van der Waals surface area contributed by atoms with Crippen molar-refractivity contribution < 1.29 is 22.7 Å². The van der Waals surface area contributed by atoms with E-state index in [9.17, 15) is 22.8 Å². The fourth-order valence-corrected chi connectivity index (χ4v) is 4.51. The van der Waals surface area contributed by atoms with E-state index in [-0.39, 0.29) is 37.6 Å². The van der Waals surface area contributed by atoms with E-state index < -0.39 is 22.7 Å². The molecular weight excluding hydrogens is 475 g/mol. The molecule has 34 heavy (non-hydrogen) atoms. The number of nitriles is 1. The normalized spacial score (nSPS) is 14.5. The van der Waals surface area contributed by atoms with E-state index in [0.29, 0.717) is 31.1 Å². The third kappa shape index (κ3) is 5.05. The van der Waals surface area contributed by atoms with Crippen molar-refractivity contribution in [2.45, 2.75) is 19.1 Å². The van der Waals surface area contributed by atoms with Crippen molar-refractivity contribution >= 4 is 33.3 Å². The van der Waals surface area contributed by atoms with Crippen LogP contribution < -0.4 is 10.5 Å². The number of carbonyl (C=O) groups is 1. The van der Waals surface area contributed by atoms with Crippen LogP contribution in [0.25, 0.3) is 10.9 Å². The lowest BCUT2D eigenvalue weighted by Crippen LogP contribution is -2.49. The van der Waals surface area contributed by atoms with Crippen LogP contribution in [0, 0.1) is 11.3 Å². The second-order valence-electron chi connectivity index (χ2n) is 7.54. The first-order chi connectivity index (χ1) is 16.3. The minimum Gasteiger partial charge on any atom is -0.379 e. The summed E-state index contributed by atoms with van der Waals surface area (Å²) in [4.78, 5) is 32.8. The number of nitrogens with zero attached hydrogens (tertiary/aromatic N) is 6. The number of hydrogen-bond donors (Lipinski definition) is 1. The average molecular weight is 495 g/mol. The number of aromatic amines is 1. The summed E-state index contributed by atoms with van der Waals surface area (Å²) in [5.41, 5.74) is -1.87. The number of thiazole rings is 1. The number of ether oxygens (including phenoxy) is 1. The van der Waals surface area contributed by atoms with Crippen LogP contribution in [0.5, 0.6) is 0 Å². The van der Waals surface area contributed by atoms with Gasteiger partial charge in [-0.15, -0.1) is 0 Å². The van der Waals surface area contributed by atoms with Crippen LogP contribution in [0.15, 0.2) is 23.4 Å². The Kier molecular flexibility index (Phi) is 6.85. The zero-order valence-corrected chi connectivity index (χ0v) is 18.7. The maximum Gasteiger partial charge on any atom is 0.418 e. The summed E-state index contributed by atoms with van der Waals surface area (Å²) in [5.74, 6) is -0.0713. The van der Waals surface area contributed by atoms with Crippen molar-refractivity contribution in [3.63, 3.8) is 0 Å². The molecule has 0 saturated carbocycles. The quantitative estimate of drug-likeness (QED) is 0.497. The highest BCUT2D eigenvalue weighted by Crippen LogP contribution is 2.34. The molecule has 0 aromatic carbocycles. The van der Waals surface area contributed by atoms with E-state index in [1.165, 1.54) is 28.3 Å². The molecule has 1 N–H and O–H groups in total. The van der Waals surface area contributed by atoms with Gasteiger partial charge in [-0.3, -0.25) is 9.59 Å². The first-order valence-electron chi connectivity index (χ1n) is 10.4. The van der Waals surface area contributed by atoms with Gasteiger partial charge in [-0.1, -0.05) is 11.3 Å². The Balaban J connectivity index is 1.24. The predicted molar refractivity (Wildman–Crippen MR) is 116 cm³/mol. The van der Waals surface area contributed by atoms with Crippen molar-refractivity contribution in [3.05, 3.63) is 39.4 Å². The van der Waals surface area contributed by atoms with Gasteiger partial charge in [-0.25, -0.2) is 10.1 Å². The Hall–Kier alpha value is -3.44. The number of fused-ring (bicyclic) bond motifs is 1. The van der Waals surface area contributed by atoms with Crippen LogP contribution in [0.3, 0.4) is 0 Å². The molecule has 1 fully saturated rings. The van der Waals surface area contributed by atoms with Crippen LogP contribution >= 0.6 is 11.3 Å². The fourth-order valence-electron chi connectivity index (χ4n) is 3.75. The lowest BCUT2D eigenvalue weighted by Gasteiger charge is -2.34. The molecule has 1 amide bonds. The second-order valence-corrected chi connectivity index (χ2v) is 8.55. The third-order valence-corrected chi connectivity index (χ3v) is 6.41. The summed E-state index contributed by atoms with van der Waals surface area (Å²) < 4.78 is 46.6. The molecular formula is C20H20F3N7O3S. The minimum atomic E-state index is -4.67. The van der Waals surface area contributed by atoms with Crippen LogP contribution in [0.4, 0.5) is 18.3 Å². The van der Waals surface area contributed by atoms with Gasteiger partial charge in [0.1, 0.15) is 10.9 Å². The highest BCUT2D eigenvalue weighted by atomic mass is 32.1. The molecule has 0 radical (unpaired) electrons. The van der Waals surface area contributed by atoms with Crippen LogP contribution in [0.2, 0.25) is 0 Å². The molecule has 3 aromatic rings. The van der Waals surface area contributed by atoms with Gasteiger partial charge in [0.05, 0.1) is 48.5 Å². The Morgan fingerprint density at radius 1 is 1.24 bits per heavy atom. The highest BCUT2D eigenvalue weighted by Gasteiger charge is 2.36. The molecule has 0 bridgehead atoms. The maximum atomic E-state index is 13.3. The molecule has 1 aliphatic heterocycles. The number of rotatable bonds is 7. The Morgan fingerprint density at radius 2 is 2.00 bits per heavy atom. The first kappa shape index (κ1) is 23.7. The van der Waals surface area contributed by atoms with Gasteiger partial charge < -0.3 is 19.1 Å². The molecule has 1 saturated heterocycles. The smallest absolute Gasteiger partial charge is 0.379 e.